The van der Waals surface area contributed by atoms with Crippen LogP contribution in [0.1, 0.15) is 17.1 Å². The number of rotatable bonds is 3. The Balaban J connectivity index is 1.81. The first-order chi connectivity index (χ1) is 11.6. The quantitative estimate of drug-likeness (QED) is 0.749. The minimum atomic E-state index is -1.04. The average molecular weight is 322 g/mol. The summed E-state index contributed by atoms with van der Waals surface area (Å²) in [6.45, 7) is 0. The smallest absolute Gasteiger partial charge is 0.329 e. The molecule has 4 rings (SSSR count). The van der Waals surface area contributed by atoms with Gasteiger partial charge in [0.05, 0.1) is 11.9 Å². The van der Waals surface area contributed by atoms with Crippen molar-refractivity contribution in [1.82, 2.24) is 19.5 Å². The Morgan fingerprint density at radius 1 is 1.33 bits per heavy atom. The van der Waals surface area contributed by atoms with Crippen LogP contribution in [0.2, 0.25) is 0 Å². The summed E-state index contributed by atoms with van der Waals surface area (Å²) in [5.41, 5.74) is 2.79. The van der Waals surface area contributed by atoms with E-state index in [1.165, 1.54) is 18.5 Å². The van der Waals surface area contributed by atoms with Crippen LogP contribution >= 0.6 is 0 Å². The van der Waals surface area contributed by atoms with Gasteiger partial charge < -0.3 is 9.67 Å². The first-order valence-corrected chi connectivity index (χ1v) is 7.22. The molecule has 0 atom stereocenters. The van der Waals surface area contributed by atoms with Crippen molar-refractivity contribution in [1.29, 1.82) is 0 Å². The van der Waals surface area contributed by atoms with Gasteiger partial charge >= 0.3 is 5.97 Å². The number of aromatic nitrogens is 4. The predicted molar refractivity (Wildman–Crippen MR) is 85.5 cm³/mol. The number of carboxylic acid groups (broad SMARTS) is 1. The normalized spacial score (nSPS) is 13.5. The second-order valence-corrected chi connectivity index (χ2v) is 5.32. The molecule has 0 bridgehead atoms. The maximum absolute atomic E-state index is 13.5. The third-order valence-electron chi connectivity index (χ3n) is 3.80. The lowest BCUT2D eigenvalue weighted by atomic mass is 10.1. The van der Waals surface area contributed by atoms with Gasteiger partial charge in [-0.1, -0.05) is 6.08 Å². The molecule has 3 aromatic rings. The van der Waals surface area contributed by atoms with Gasteiger partial charge in [0, 0.05) is 47.6 Å². The summed E-state index contributed by atoms with van der Waals surface area (Å²) in [7, 11) is 0. The van der Waals surface area contributed by atoms with E-state index in [0.29, 0.717) is 23.5 Å². The summed E-state index contributed by atoms with van der Waals surface area (Å²) in [6.07, 6.45) is 9.53. The van der Waals surface area contributed by atoms with Crippen LogP contribution < -0.4 is 0 Å². The van der Waals surface area contributed by atoms with Crippen molar-refractivity contribution >= 4 is 28.8 Å². The molecule has 7 heteroatoms. The fraction of sp³-hybridized carbons (Fsp3) is 0.0588. The van der Waals surface area contributed by atoms with Gasteiger partial charge in [0.1, 0.15) is 11.5 Å². The molecule has 0 spiro atoms. The lowest BCUT2D eigenvalue weighted by Crippen LogP contribution is -1.99. The molecule has 3 aromatic heterocycles. The molecule has 118 valence electrons. The second kappa shape index (κ2) is 5.38. The summed E-state index contributed by atoms with van der Waals surface area (Å²) in [4.78, 5) is 23.6. The van der Waals surface area contributed by atoms with Gasteiger partial charge in [0.15, 0.2) is 5.82 Å². The first kappa shape index (κ1) is 14.3. The van der Waals surface area contributed by atoms with Gasteiger partial charge in [-0.25, -0.2) is 19.2 Å². The number of fused-ring (bicyclic) bond motifs is 2. The molecule has 0 aliphatic heterocycles. The molecule has 6 nitrogen and oxygen atoms in total. The molecular formula is C17H11FN4O2. The highest BCUT2D eigenvalue weighted by atomic mass is 19.1. The molecule has 1 aliphatic carbocycles. The van der Waals surface area contributed by atoms with Crippen LogP contribution in [0.4, 0.5) is 4.39 Å². The van der Waals surface area contributed by atoms with E-state index < -0.39 is 11.8 Å². The number of carbonyl (C=O) groups is 1. The predicted octanol–water partition coefficient (Wildman–Crippen LogP) is 2.51. The highest BCUT2D eigenvalue weighted by molar-refractivity contribution is 5.86. The van der Waals surface area contributed by atoms with Gasteiger partial charge in [-0.15, -0.1) is 0 Å². The van der Waals surface area contributed by atoms with E-state index in [4.69, 9.17) is 5.11 Å². The Labute approximate surface area is 135 Å². The molecule has 0 unspecified atom stereocenters. The number of pyridine rings is 1. The molecule has 1 N–H and O–H groups in total. The highest BCUT2D eigenvalue weighted by Gasteiger charge is 2.20. The highest BCUT2D eigenvalue weighted by Crippen LogP contribution is 2.30. The molecule has 0 fully saturated rings. The average Bonchev–Trinajstić information content (AvgIpc) is 3.15. The number of carboxylic acids is 1. The van der Waals surface area contributed by atoms with E-state index in [-0.39, 0.29) is 0 Å². The van der Waals surface area contributed by atoms with Crippen molar-refractivity contribution in [2.75, 3.05) is 0 Å². The topological polar surface area (TPSA) is 80.9 Å². The number of nitrogens with zero attached hydrogens (tertiary/aromatic N) is 4. The van der Waals surface area contributed by atoms with Crippen LogP contribution in [0, 0.1) is 5.82 Å². The zero-order chi connectivity index (χ0) is 16.7. The fourth-order valence-corrected chi connectivity index (χ4v) is 2.72. The van der Waals surface area contributed by atoms with E-state index in [2.05, 4.69) is 15.0 Å². The van der Waals surface area contributed by atoms with E-state index >= 15 is 0 Å². The van der Waals surface area contributed by atoms with E-state index in [1.54, 1.807) is 23.0 Å². The van der Waals surface area contributed by atoms with Gasteiger partial charge in [-0.3, -0.25) is 4.98 Å². The Morgan fingerprint density at radius 3 is 3.04 bits per heavy atom. The van der Waals surface area contributed by atoms with Gasteiger partial charge in [-0.05, 0) is 12.1 Å². The fourth-order valence-electron chi connectivity index (χ4n) is 2.72. The summed E-state index contributed by atoms with van der Waals surface area (Å²) < 4.78 is 15.1. The Kier molecular flexibility index (Phi) is 3.19. The number of allylic oxidation sites excluding steroid dienone is 1. The van der Waals surface area contributed by atoms with Crippen molar-refractivity contribution < 1.29 is 14.3 Å². The summed E-state index contributed by atoms with van der Waals surface area (Å²) in [5.74, 6) is -0.993. The van der Waals surface area contributed by atoms with Crippen LogP contribution in [0.5, 0.6) is 0 Å². The van der Waals surface area contributed by atoms with Crippen molar-refractivity contribution in [3.05, 3.63) is 65.8 Å². The molecule has 1 aliphatic rings. The van der Waals surface area contributed by atoms with Crippen molar-refractivity contribution in [3.63, 3.8) is 0 Å². The zero-order valence-electron chi connectivity index (χ0n) is 12.3. The summed E-state index contributed by atoms with van der Waals surface area (Å²) in [6, 6.07) is 3.22. The zero-order valence-corrected chi connectivity index (χ0v) is 12.3. The summed E-state index contributed by atoms with van der Waals surface area (Å²) in [5, 5.41) is 9.54. The van der Waals surface area contributed by atoms with E-state index in [9.17, 15) is 9.18 Å². The van der Waals surface area contributed by atoms with Crippen LogP contribution in [0.3, 0.4) is 0 Å². The SMILES string of the molecule is O=C(O)/C=C/n1ccc2cnc(C3=CCc4ncc(F)cc43)nc21. The Bertz CT molecular complexity index is 1040. The third kappa shape index (κ3) is 2.36. The Hall–Kier alpha value is -3.35. The second-order valence-electron chi connectivity index (χ2n) is 5.32. The molecule has 0 radical (unpaired) electrons. The van der Waals surface area contributed by atoms with E-state index in [0.717, 1.165) is 22.7 Å². The minimum absolute atomic E-state index is 0.407. The first-order valence-electron chi connectivity index (χ1n) is 7.22. The maximum Gasteiger partial charge on any atom is 0.329 e. The van der Waals surface area contributed by atoms with Gasteiger partial charge in [0.25, 0.3) is 0 Å². The van der Waals surface area contributed by atoms with Gasteiger partial charge in [0.2, 0.25) is 0 Å². The van der Waals surface area contributed by atoms with Crippen LogP contribution in [-0.2, 0) is 11.2 Å². The Morgan fingerprint density at radius 2 is 2.21 bits per heavy atom. The molecule has 3 heterocycles. The molecule has 24 heavy (non-hydrogen) atoms. The lowest BCUT2D eigenvalue weighted by Gasteiger charge is -2.05. The number of hydrogen-bond donors (Lipinski definition) is 1. The van der Waals surface area contributed by atoms with Crippen molar-refractivity contribution in [2.45, 2.75) is 6.42 Å². The van der Waals surface area contributed by atoms with E-state index in [1.807, 2.05) is 6.08 Å². The van der Waals surface area contributed by atoms with Crippen molar-refractivity contribution in [3.8, 4) is 0 Å². The largest absolute Gasteiger partial charge is 0.478 e. The third-order valence-corrected chi connectivity index (χ3v) is 3.80. The molecular weight excluding hydrogens is 311 g/mol. The lowest BCUT2D eigenvalue weighted by molar-refractivity contribution is -0.131. The standard InChI is InChI=1S/C17H11FN4O2/c18-11-7-13-12(1-2-14(13)19-9-11)16-20-8-10-3-5-22(17(10)21-16)6-4-15(23)24/h1,3-9H,2H2,(H,23,24)/b6-4+. The molecule has 0 saturated carbocycles. The number of halogens is 1. The molecule has 0 aromatic carbocycles. The monoisotopic (exact) mass is 322 g/mol. The maximum atomic E-state index is 13.5. The molecule has 0 saturated heterocycles. The molecule has 0 amide bonds. The summed E-state index contributed by atoms with van der Waals surface area (Å²) >= 11 is 0. The van der Waals surface area contributed by atoms with Crippen LogP contribution in [0.25, 0.3) is 22.8 Å². The van der Waals surface area contributed by atoms with Crippen LogP contribution in [0.15, 0.2) is 42.9 Å². The van der Waals surface area contributed by atoms with Crippen molar-refractivity contribution in [2.24, 2.45) is 0 Å². The van der Waals surface area contributed by atoms with Crippen LogP contribution in [-0.4, -0.2) is 30.6 Å². The minimum Gasteiger partial charge on any atom is -0.478 e. The van der Waals surface area contributed by atoms with Gasteiger partial charge in [-0.2, -0.15) is 0 Å². The number of hydrogen-bond acceptors (Lipinski definition) is 4. The number of aliphatic carboxylic acids is 1.